The molecule has 0 bridgehead atoms. The van der Waals surface area contributed by atoms with Crippen LogP contribution < -0.4 is 4.57 Å². The molecule has 1 atom stereocenters. The summed E-state index contributed by atoms with van der Waals surface area (Å²) in [7, 11) is -2.83. The van der Waals surface area contributed by atoms with Gasteiger partial charge in [0, 0.05) is 0 Å². The number of nitrogens with zero attached hydrogens (tertiary/aromatic N) is 2. The van der Waals surface area contributed by atoms with Crippen molar-refractivity contribution in [3.8, 4) is 0 Å². The lowest BCUT2D eigenvalue weighted by Crippen LogP contribution is -2.24. The Morgan fingerprint density at radius 2 is 1.89 bits per heavy atom. The molecule has 0 aliphatic heterocycles. The van der Waals surface area contributed by atoms with Crippen molar-refractivity contribution < 1.29 is 22.1 Å². The van der Waals surface area contributed by atoms with Crippen LogP contribution in [-0.4, -0.2) is 22.1 Å². The van der Waals surface area contributed by atoms with Gasteiger partial charge in [-0.05, 0) is 19.3 Å². The maximum absolute atomic E-state index is 8.63. The maximum Gasteiger partial charge on any atom is 0.243 e. The van der Waals surface area contributed by atoms with Gasteiger partial charge in [-0.3, -0.25) is 4.55 Å². The van der Waals surface area contributed by atoms with Crippen molar-refractivity contribution in [2.45, 2.75) is 52.0 Å². The summed E-state index contributed by atoms with van der Waals surface area (Å²) in [6, 6.07) is 0.709. The van der Waals surface area contributed by atoms with Gasteiger partial charge in [0.1, 0.15) is 18.4 Å². The number of aromatic nitrogens is 2. The Kier molecular flexibility index (Phi) is 8.62. The average Bonchev–Trinajstić information content (AvgIpc) is 2.68. The Morgan fingerprint density at radius 3 is 2.26 bits per heavy atom. The summed E-state index contributed by atoms with van der Waals surface area (Å²) in [5, 5.41) is 0. The minimum atomic E-state index is -4.92. The van der Waals surface area contributed by atoms with Crippen molar-refractivity contribution in [3.63, 3.8) is 0 Å². The highest BCUT2D eigenvalue weighted by atomic mass is 32.3. The lowest BCUT2D eigenvalue weighted by Gasteiger charge is -2.11. The smallest absolute Gasteiger partial charge is 0.243 e. The van der Waals surface area contributed by atoms with Crippen molar-refractivity contribution in [2.24, 2.45) is 7.05 Å². The first-order valence-corrected chi connectivity index (χ1v) is 7.85. The zero-order valence-corrected chi connectivity index (χ0v) is 12.6. The van der Waals surface area contributed by atoms with Gasteiger partial charge in [0.2, 0.25) is 16.7 Å². The second-order valence-electron chi connectivity index (χ2n) is 4.54. The van der Waals surface area contributed by atoms with E-state index >= 15 is 0 Å². The molecule has 0 aliphatic rings. The minimum absolute atomic E-state index is 0.709. The molecule has 7 heteroatoms. The van der Waals surface area contributed by atoms with Gasteiger partial charge < -0.3 is 4.55 Å². The highest BCUT2D eigenvalue weighted by molar-refractivity contribution is 7.79. The van der Waals surface area contributed by atoms with E-state index in [1.54, 1.807) is 0 Å². The van der Waals surface area contributed by atoms with Gasteiger partial charge >= 0.3 is 0 Å². The van der Waals surface area contributed by atoms with E-state index in [0.29, 0.717) is 6.04 Å². The molecule has 112 valence electrons. The summed E-state index contributed by atoms with van der Waals surface area (Å²) in [4.78, 5) is 0. The fourth-order valence-electron chi connectivity index (χ4n) is 1.90. The van der Waals surface area contributed by atoms with E-state index in [0.717, 1.165) is 0 Å². The van der Waals surface area contributed by atoms with Crippen LogP contribution in [0.3, 0.4) is 0 Å². The van der Waals surface area contributed by atoms with Crippen LogP contribution >= 0.6 is 0 Å². The van der Waals surface area contributed by atoms with Gasteiger partial charge in [-0.1, -0.05) is 26.7 Å². The van der Waals surface area contributed by atoms with Gasteiger partial charge in [-0.15, -0.1) is 0 Å². The lowest BCUT2D eigenvalue weighted by molar-refractivity contribution is -0.671. The molecule has 0 aromatic carbocycles. The summed E-state index contributed by atoms with van der Waals surface area (Å²) in [6.07, 6.45) is 13.0. The molecule has 0 aliphatic carbocycles. The van der Waals surface area contributed by atoms with E-state index in [1.807, 2.05) is 0 Å². The quantitative estimate of drug-likeness (QED) is 0.492. The number of imidazole rings is 1. The fraction of sp³-hybridized carbons (Fsp3) is 0.750. The molecule has 0 saturated heterocycles. The number of rotatable bonds is 6. The predicted octanol–water partition coefficient (Wildman–Crippen LogP) is 1.85. The van der Waals surface area contributed by atoms with Crippen LogP contribution in [0.15, 0.2) is 18.7 Å². The largest absolute Gasteiger partial charge is 0.726 e. The molecule has 0 amide bonds. The minimum Gasteiger partial charge on any atom is -0.726 e. The predicted molar refractivity (Wildman–Crippen MR) is 71.4 cm³/mol. The summed E-state index contributed by atoms with van der Waals surface area (Å²) in [5.74, 6) is 0. The standard InChI is InChI=1S/C12H23N2.H2O4S/c1-4-6-8-12(7-5-2)14-10-9-13(3)11-14;1-5(2,3)4/h9-12H,4-8H2,1-3H3;(H2,1,2,3,4)/q+1;/p-1. The molecule has 6 nitrogen and oxygen atoms in total. The van der Waals surface area contributed by atoms with Crippen molar-refractivity contribution in [1.29, 1.82) is 0 Å². The summed E-state index contributed by atoms with van der Waals surface area (Å²) in [6.45, 7) is 4.53. The van der Waals surface area contributed by atoms with E-state index < -0.39 is 10.4 Å². The summed E-state index contributed by atoms with van der Waals surface area (Å²) in [5.41, 5.74) is 0. The maximum atomic E-state index is 8.63. The van der Waals surface area contributed by atoms with Gasteiger partial charge in [-0.2, -0.15) is 0 Å². The third kappa shape index (κ3) is 10.7. The first kappa shape index (κ1) is 18.1. The van der Waals surface area contributed by atoms with Gasteiger partial charge in [0.05, 0.1) is 7.05 Å². The van der Waals surface area contributed by atoms with E-state index in [2.05, 4.69) is 48.8 Å². The van der Waals surface area contributed by atoms with E-state index in [-0.39, 0.29) is 0 Å². The third-order valence-electron chi connectivity index (χ3n) is 2.72. The zero-order chi connectivity index (χ0) is 14.9. The van der Waals surface area contributed by atoms with E-state index in [9.17, 15) is 0 Å². The Balaban J connectivity index is 0.000000555. The Labute approximate surface area is 115 Å². The molecule has 1 N–H and O–H groups in total. The topological polar surface area (TPSA) is 86.2 Å². The lowest BCUT2D eigenvalue weighted by atomic mass is 10.1. The number of hydrogen-bond acceptors (Lipinski definition) is 3. The van der Waals surface area contributed by atoms with Crippen LogP contribution in [0.5, 0.6) is 0 Å². The number of aryl methyl sites for hydroxylation is 1. The van der Waals surface area contributed by atoms with Crippen LogP contribution in [0, 0.1) is 0 Å². The monoisotopic (exact) mass is 292 g/mol. The van der Waals surface area contributed by atoms with Crippen LogP contribution in [0.4, 0.5) is 0 Å². The van der Waals surface area contributed by atoms with Crippen LogP contribution in [0.25, 0.3) is 0 Å². The second-order valence-corrected chi connectivity index (χ2v) is 5.39. The Bertz CT molecular complexity index is 434. The molecule has 1 heterocycles. The molecule has 1 aromatic rings. The molecule has 0 spiro atoms. The second kappa shape index (κ2) is 9.06. The van der Waals surface area contributed by atoms with Crippen molar-refractivity contribution in [1.82, 2.24) is 4.57 Å². The molecule has 1 unspecified atom stereocenters. The normalized spacial score (nSPS) is 12.7. The van der Waals surface area contributed by atoms with E-state index in [4.69, 9.17) is 17.5 Å². The molecule has 19 heavy (non-hydrogen) atoms. The first-order valence-electron chi connectivity index (χ1n) is 6.48. The molecular formula is C12H24N2O4S. The molecule has 1 aromatic heterocycles. The highest BCUT2D eigenvalue weighted by Crippen LogP contribution is 2.19. The summed E-state index contributed by atoms with van der Waals surface area (Å²) >= 11 is 0. The van der Waals surface area contributed by atoms with E-state index in [1.165, 1.54) is 32.1 Å². The first-order chi connectivity index (χ1) is 8.77. The third-order valence-corrected chi connectivity index (χ3v) is 2.72. The SMILES string of the molecule is CCCCC(CCC)n1cc[n+](C)c1.O=S(=O)([O-])O. The Hall–Kier alpha value is -0.920. The van der Waals surface area contributed by atoms with Crippen LogP contribution in [0.1, 0.15) is 52.0 Å². The molecular weight excluding hydrogens is 268 g/mol. The van der Waals surface area contributed by atoms with Gasteiger partial charge in [0.25, 0.3) is 0 Å². The number of hydrogen-bond donors (Lipinski definition) is 1. The average molecular weight is 292 g/mol. The van der Waals surface area contributed by atoms with Crippen molar-refractivity contribution in [2.75, 3.05) is 0 Å². The molecule has 1 rings (SSSR count). The van der Waals surface area contributed by atoms with Crippen molar-refractivity contribution in [3.05, 3.63) is 18.7 Å². The van der Waals surface area contributed by atoms with Crippen LogP contribution in [0.2, 0.25) is 0 Å². The zero-order valence-electron chi connectivity index (χ0n) is 11.8. The summed E-state index contributed by atoms with van der Waals surface area (Å²) < 4.78 is 37.3. The Morgan fingerprint density at radius 1 is 1.32 bits per heavy atom. The molecule has 0 radical (unpaired) electrons. The molecule has 0 saturated carbocycles. The van der Waals surface area contributed by atoms with Crippen LogP contribution in [-0.2, 0) is 17.4 Å². The number of unbranched alkanes of at least 4 members (excludes halogenated alkanes) is 1. The van der Waals surface area contributed by atoms with Gasteiger partial charge in [0.15, 0.2) is 0 Å². The fourth-order valence-corrected chi connectivity index (χ4v) is 1.90. The van der Waals surface area contributed by atoms with Crippen molar-refractivity contribution >= 4 is 10.4 Å². The van der Waals surface area contributed by atoms with Gasteiger partial charge in [-0.25, -0.2) is 17.6 Å². The highest BCUT2D eigenvalue weighted by Gasteiger charge is 2.14. The molecule has 0 fully saturated rings.